The molecular weight excluding hydrogens is 228 g/mol. The Hall–Kier alpha value is -1.55. The van der Waals surface area contributed by atoms with Crippen molar-refractivity contribution in [1.29, 1.82) is 0 Å². The Bertz CT molecular complexity index is 399. The van der Waals surface area contributed by atoms with Crippen molar-refractivity contribution in [2.75, 3.05) is 19.6 Å². The van der Waals surface area contributed by atoms with Crippen LogP contribution in [0.5, 0.6) is 5.75 Å². The lowest BCUT2D eigenvalue weighted by atomic mass is 10.0. The molecule has 2 N–H and O–H groups in total. The quantitative estimate of drug-likeness (QED) is 0.820. The molecule has 1 fully saturated rings. The zero-order valence-corrected chi connectivity index (χ0v) is 10.9. The summed E-state index contributed by atoms with van der Waals surface area (Å²) >= 11 is 0. The summed E-state index contributed by atoms with van der Waals surface area (Å²) in [4.78, 5) is 11.6. The molecule has 0 saturated carbocycles. The van der Waals surface area contributed by atoms with Crippen LogP contribution in [0.15, 0.2) is 24.3 Å². The Kier molecular flexibility index (Phi) is 4.20. The van der Waals surface area contributed by atoms with Gasteiger partial charge in [0.15, 0.2) is 0 Å². The van der Waals surface area contributed by atoms with Gasteiger partial charge in [0.25, 0.3) is 0 Å². The van der Waals surface area contributed by atoms with Crippen molar-refractivity contribution in [2.45, 2.75) is 20.0 Å². The highest BCUT2D eigenvalue weighted by Gasteiger charge is 2.24. The first-order chi connectivity index (χ1) is 8.65. The number of nitrogens with one attached hydrogen (secondary N) is 2. The summed E-state index contributed by atoms with van der Waals surface area (Å²) in [7, 11) is 0. The standard InChI is InChI=1S/C14H20N2O2/c1-10-3-5-13(6-4-10)18-11(2)7-16-14(17)12-8-15-9-12/h3-6,11-12,15H,7-9H2,1-2H3,(H,16,17). The lowest BCUT2D eigenvalue weighted by Crippen LogP contribution is -2.51. The first-order valence-electron chi connectivity index (χ1n) is 6.37. The molecule has 1 amide bonds. The van der Waals surface area contributed by atoms with Gasteiger partial charge in [0.1, 0.15) is 11.9 Å². The van der Waals surface area contributed by atoms with Crippen LogP contribution in [0.25, 0.3) is 0 Å². The van der Waals surface area contributed by atoms with E-state index >= 15 is 0 Å². The molecule has 0 aliphatic carbocycles. The molecule has 1 atom stereocenters. The highest BCUT2D eigenvalue weighted by atomic mass is 16.5. The number of hydrogen-bond acceptors (Lipinski definition) is 3. The molecule has 0 bridgehead atoms. The minimum absolute atomic E-state index is 0.0234. The van der Waals surface area contributed by atoms with Gasteiger partial charge >= 0.3 is 0 Å². The van der Waals surface area contributed by atoms with Crippen LogP contribution in [0.2, 0.25) is 0 Å². The molecule has 18 heavy (non-hydrogen) atoms. The average molecular weight is 248 g/mol. The molecule has 4 nitrogen and oxygen atoms in total. The first-order valence-corrected chi connectivity index (χ1v) is 6.37. The van der Waals surface area contributed by atoms with E-state index in [4.69, 9.17) is 4.74 Å². The number of carbonyl (C=O) groups excluding carboxylic acids is 1. The lowest BCUT2D eigenvalue weighted by Gasteiger charge is -2.26. The van der Waals surface area contributed by atoms with E-state index < -0.39 is 0 Å². The number of hydrogen-bond donors (Lipinski definition) is 2. The molecule has 1 aromatic rings. The third kappa shape index (κ3) is 3.47. The first kappa shape index (κ1) is 12.9. The zero-order valence-electron chi connectivity index (χ0n) is 10.9. The molecule has 0 spiro atoms. The fourth-order valence-corrected chi connectivity index (χ4v) is 1.75. The number of rotatable bonds is 5. The van der Waals surface area contributed by atoms with Crippen molar-refractivity contribution < 1.29 is 9.53 Å². The molecule has 98 valence electrons. The van der Waals surface area contributed by atoms with Crippen molar-refractivity contribution >= 4 is 5.91 Å². The number of ether oxygens (including phenoxy) is 1. The van der Waals surface area contributed by atoms with E-state index in [0.29, 0.717) is 6.54 Å². The minimum Gasteiger partial charge on any atom is -0.489 e. The van der Waals surface area contributed by atoms with E-state index in [0.717, 1.165) is 18.8 Å². The minimum atomic E-state index is -0.0234. The zero-order chi connectivity index (χ0) is 13.0. The Balaban J connectivity index is 1.72. The van der Waals surface area contributed by atoms with Crippen LogP contribution < -0.4 is 15.4 Å². The number of amides is 1. The van der Waals surface area contributed by atoms with Gasteiger partial charge in [0.05, 0.1) is 12.5 Å². The Morgan fingerprint density at radius 3 is 2.67 bits per heavy atom. The fraction of sp³-hybridized carbons (Fsp3) is 0.500. The summed E-state index contributed by atoms with van der Waals surface area (Å²) < 4.78 is 5.72. The molecular formula is C14H20N2O2. The maximum absolute atomic E-state index is 11.6. The predicted molar refractivity (Wildman–Crippen MR) is 70.6 cm³/mol. The van der Waals surface area contributed by atoms with E-state index in [2.05, 4.69) is 10.6 Å². The second-order valence-electron chi connectivity index (χ2n) is 4.84. The van der Waals surface area contributed by atoms with E-state index in [9.17, 15) is 4.79 Å². The number of aryl methyl sites for hydroxylation is 1. The molecule has 0 aromatic heterocycles. The molecule has 1 aliphatic rings. The van der Waals surface area contributed by atoms with Crippen molar-refractivity contribution in [3.05, 3.63) is 29.8 Å². The Labute approximate surface area is 108 Å². The molecule has 1 aliphatic heterocycles. The van der Waals surface area contributed by atoms with Gasteiger partial charge in [-0.1, -0.05) is 17.7 Å². The van der Waals surface area contributed by atoms with Crippen LogP contribution in [-0.2, 0) is 4.79 Å². The maximum atomic E-state index is 11.6. The second-order valence-corrected chi connectivity index (χ2v) is 4.84. The highest BCUT2D eigenvalue weighted by Crippen LogP contribution is 2.13. The van der Waals surface area contributed by atoms with Crippen LogP contribution in [0.4, 0.5) is 0 Å². The average Bonchev–Trinajstić information content (AvgIpc) is 2.27. The molecule has 1 unspecified atom stereocenters. The summed E-state index contributed by atoms with van der Waals surface area (Å²) in [6.45, 7) is 6.13. The molecule has 4 heteroatoms. The van der Waals surface area contributed by atoms with Gasteiger partial charge in [-0.05, 0) is 26.0 Å². The summed E-state index contributed by atoms with van der Waals surface area (Å²) in [6, 6.07) is 7.92. The van der Waals surface area contributed by atoms with Crippen LogP contribution in [0.3, 0.4) is 0 Å². The smallest absolute Gasteiger partial charge is 0.225 e. The summed E-state index contributed by atoms with van der Waals surface area (Å²) in [5, 5.41) is 5.99. The molecule has 1 saturated heterocycles. The summed E-state index contributed by atoms with van der Waals surface area (Å²) in [5.74, 6) is 1.09. The van der Waals surface area contributed by atoms with Crippen LogP contribution in [0.1, 0.15) is 12.5 Å². The van der Waals surface area contributed by atoms with Gasteiger partial charge in [0, 0.05) is 13.1 Å². The van der Waals surface area contributed by atoms with Crippen LogP contribution in [-0.4, -0.2) is 31.6 Å². The number of carbonyl (C=O) groups is 1. The van der Waals surface area contributed by atoms with Gasteiger partial charge in [0.2, 0.25) is 5.91 Å². The second kappa shape index (κ2) is 5.87. The fourth-order valence-electron chi connectivity index (χ4n) is 1.75. The van der Waals surface area contributed by atoms with Gasteiger partial charge in [-0.2, -0.15) is 0 Å². The van der Waals surface area contributed by atoms with Gasteiger partial charge < -0.3 is 15.4 Å². The SMILES string of the molecule is Cc1ccc(OC(C)CNC(=O)C2CNC2)cc1. The lowest BCUT2D eigenvalue weighted by molar-refractivity contribution is -0.126. The van der Waals surface area contributed by atoms with E-state index in [1.165, 1.54) is 5.56 Å². The predicted octanol–water partition coefficient (Wildman–Crippen LogP) is 1.10. The Morgan fingerprint density at radius 1 is 1.44 bits per heavy atom. The van der Waals surface area contributed by atoms with Crippen molar-refractivity contribution in [1.82, 2.24) is 10.6 Å². The third-order valence-electron chi connectivity index (χ3n) is 3.07. The van der Waals surface area contributed by atoms with Gasteiger partial charge in [-0.3, -0.25) is 4.79 Å². The summed E-state index contributed by atoms with van der Waals surface area (Å²) in [6.07, 6.45) is -0.0234. The summed E-state index contributed by atoms with van der Waals surface area (Å²) in [5.41, 5.74) is 1.21. The highest BCUT2D eigenvalue weighted by molar-refractivity contribution is 5.80. The van der Waals surface area contributed by atoms with Crippen molar-refractivity contribution in [2.24, 2.45) is 5.92 Å². The third-order valence-corrected chi connectivity index (χ3v) is 3.07. The van der Waals surface area contributed by atoms with Crippen LogP contribution in [0, 0.1) is 12.8 Å². The van der Waals surface area contributed by atoms with Crippen LogP contribution >= 0.6 is 0 Å². The monoisotopic (exact) mass is 248 g/mol. The molecule has 0 radical (unpaired) electrons. The van der Waals surface area contributed by atoms with Crippen molar-refractivity contribution in [3.63, 3.8) is 0 Å². The Morgan fingerprint density at radius 2 is 2.11 bits per heavy atom. The topological polar surface area (TPSA) is 50.4 Å². The van der Waals surface area contributed by atoms with Gasteiger partial charge in [-0.25, -0.2) is 0 Å². The normalized spacial score (nSPS) is 16.8. The number of benzene rings is 1. The van der Waals surface area contributed by atoms with E-state index in [1.54, 1.807) is 0 Å². The van der Waals surface area contributed by atoms with Gasteiger partial charge in [-0.15, -0.1) is 0 Å². The molecule has 1 heterocycles. The molecule has 1 aromatic carbocycles. The van der Waals surface area contributed by atoms with Crippen molar-refractivity contribution in [3.8, 4) is 5.75 Å². The van der Waals surface area contributed by atoms with E-state index in [1.807, 2.05) is 38.1 Å². The molecule has 2 rings (SSSR count). The van der Waals surface area contributed by atoms with E-state index in [-0.39, 0.29) is 17.9 Å². The maximum Gasteiger partial charge on any atom is 0.225 e. The largest absolute Gasteiger partial charge is 0.489 e.